The van der Waals surface area contributed by atoms with Crippen molar-refractivity contribution in [2.24, 2.45) is 5.92 Å². The molecule has 0 radical (unpaired) electrons. The maximum atomic E-state index is 11.6. The lowest BCUT2D eigenvalue weighted by Gasteiger charge is -2.13. The number of amides is 1. The molecule has 1 aromatic carbocycles. The average Bonchev–Trinajstić information content (AvgIpc) is 2.85. The van der Waals surface area contributed by atoms with Gasteiger partial charge in [-0.05, 0) is 44.1 Å². The van der Waals surface area contributed by atoms with Gasteiger partial charge in [-0.2, -0.15) is 0 Å². The summed E-state index contributed by atoms with van der Waals surface area (Å²) in [7, 11) is 0. The molecular formula is C16H23NO2. The number of benzene rings is 1. The van der Waals surface area contributed by atoms with E-state index in [1.807, 2.05) is 6.92 Å². The van der Waals surface area contributed by atoms with Gasteiger partial charge in [0.2, 0.25) is 5.91 Å². The Balaban J connectivity index is 1.72. The molecular weight excluding hydrogens is 238 g/mol. The van der Waals surface area contributed by atoms with Crippen LogP contribution in [0.15, 0.2) is 30.3 Å². The Bertz CT molecular complexity index is 391. The fraction of sp³-hybridized carbons (Fsp3) is 0.562. The summed E-state index contributed by atoms with van der Waals surface area (Å²) in [5, 5.41) is 3.07. The Morgan fingerprint density at radius 2 is 2.11 bits per heavy atom. The van der Waals surface area contributed by atoms with Crippen LogP contribution in [0.5, 0.6) is 0 Å². The van der Waals surface area contributed by atoms with E-state index < -0.39 is 0 Å². The van der Waals surface area contributed by atoms with Gasteiger partial charge < -0.3 is 10.1 Å². The van der Waals surface area contributed by atoms with Crippen LogP contribution in [-0.2, 0) is 16.0 Å². The minimum Gasteiger partial charge on any atom is -0.372 e. The molecule has 0 aliphatic heterocycles. The summed E-state index contributed by atoms with van der Waals surface area (Å²) in [6.07, 6.45) is 4.51. The molecule has 1 amide bonds. The van der Waals surface area contributed by atoms with Gasteiger partial charge in [0.25, 0.3) is 0 Å². The van der Waals surface area contributed by atoms with E-state index in [-0.39, 0.29) is 12.5 Å². The van der Waals surface area contributed by atoms with Crippen molar-refractivity contribution in [3.8, 4) is 0 Å². The van der Waals surface area contributed by atoms with Gasteiger partial charge in [0.15, 0.2) is 0 Å². The standard InChI is InChI=1S/C16H23NO2/c1-2-19-12-16(18)17-15-9-8-14(11-15)10-13-6-4-3-5-7-13/h3-7,14-15H,2,8-12H2,1H3,(H,17,18)/t14-,15-/m1/s1. The van der Waals surface area contributed by atoms with Crippen LogP contribution in [0.2, 0.25) is 0 Å². The molecule has 1 fully saturated rings. The fourth-order valence-electron chi connectivity index (χ4n) is 2.80. The minimum atomic E-state index is 0.0206. The van der Waals surface area contributed by atoms with Crippen LogP contribution in [0.4, 0.5) is 0 Å². The molecule has 1 aliphatic carbocycles. The van der Waals surface area contributed by atoms with Gasteiger partial charge in [-0.3, -0.25) is 4.79 Å². The van der Waals surface area contributed by atoms with Crippen molar-refractivity contribution in [3.63, 3.8) is 0 Å². The second-order valence-electron chi connectivity index (χ2n) is 5.27. The number of nitrogens with one attached hydrogen (secondary N) is 1. The fourth-order valence-corrected chi connectivity index (χ4v) is 2.80. The van der Waals surface area contributed by atoms with Crippen molar-refractivity contribution < 1.29 is 9.53 Å². The quantitative estimate of drug-likeness (QED) is 0.854. The lowest BCUT2D eigenvalue weighted by atomic mass is 9.98. The summed E-state index contributed by atoms with van der Waals surface area (Å²) in [5.41, 5.74) is 1.40. The molecule has 0 spiro atoms. The third-order valence-corrected chi connectivity index (χ3v) is 3.71. The van der Waals surface area contributed by atoms with Gasteiger partial charge in [0, 0.05) is 12.6 Å². The van der Waals surface area contributed by atoms with Crippen molar-refractivity contribution in [1.82, 2.24) is 5.32 Å². The maximum Gasteiger partial charge on any atom is 0.246 e. The second kappa shape index (κ2) is 7.29. The summed E-state index contributed by atoms with van der Waals surface area (Å²) in [5.74, 6) is 0.715. The number of ether oxygens (including phenoxy) is 1. The summed E-state index contributed by atoms with van der Waals surface area (Å²) in [6.45, 7) is 2.68. The molecule has 0 bridgehead atoms. The molecule has 19 heavy (non-hydrogen) atoms. The predicted molar refractivity (Wildman–Crippen MR) is 75.9 cm³/mol. The number of carbonyl (C=O) groups is 1. The van der Waals surface area contributed by atoms with E-state index >= 15 is 0 Å². The second-order valence-corrected chi connectivity index (χ2v) is 5.27. The van der Waals surface area contributed by atoms with Crippen molar-refractivity contribution in [3.05, 3.63) is 35.9 Å². The Labute approximate surface area is 115 Å². The van der Waals surface area contributed by atoms with E-state index in [1.54, 1.807) is 0 Å². The summed E-state index contributed by atoms with van der Waals surface area (Å²) < 4.78 is 5.12. The first-order valence-corrected chi connectivity index (χ1v) is 7.19. The first-order chi connectivity index (χ1) is 9.28. The average molecular weight is 261 g/mol. The minimum absolute atomic E-state index is 0.0206. The van der Waals surface area contributed by atoms with Crippen LogP contribution in [0, 0.1) is 5.92 Å². The lowest BCUT2D eigenvalue weighted by Crippen LogP contribution is -2.35. The predicted octanol–water partition coefficient (Wildman–Crippen LogP) is 2.55. The molecule has 104 valence electrons. The Hall–Kier alpha value is -1.35. The summed E-state index contributed by atoms with van der Waals surface area (Å²) in [6, 6.07) is 10.9. The normalized spacial score (nSPS) is 22.4. The van der Waals surface area contributed by atoms with Crippen LogP contribution in [-0.4, -0.2) is 25.2 Å². The number of rotatable bonds is 6. The first-order valence-electron chi connectivity index (χ1n) is 7.19. The van der Waals surface area contributed by atoms with Crippen molar-refractivity contribution in [2.75, 3.05) is 13.2 Å². The molecule has 3 nitrogen and oxygen atoms in total. The van der Waals surface area contributed by atoms with Gasteiger partial charge in [-0.1, -0.05) is 30.3 Å². The number of hydrogen-bond donors (Lipinski definition) is 1. The van der Waals surface area contributed by atoms with Crippen LogP contribution >= 0.6 is 0 Å². The number of carbonyl (C=O) groups excluding carboxylic acids is 1. The molecule has 0 saturated heterocycles. The van der Waals surface area contributed by atoms with Crippen molar-refractivity contribution in [1.29, 1.82) is 0 Å². The van der Waals surface area contributed by atoms with Gasteiger partial charge >= 0.3 is 0 Å². The van der Waals surface area contributed by atoms with Crippen LogP contribution in [0.3, 0.4) is 0 Å². The first kappa shape index (κ1) is 14.1. The van der Waals surface area contributed by atoms with Gasteiger partial charge in [-0.25, -0.2) is 0 Å². The van der Waals surface area contributed by atoms with Crippen molar-refractivity contribution >= 4 is 5.91 Å². The third kappa shape index (κ3) is 4.67. The zero-order valence-electron chi connectivity index (χ0n) is 11.6. The van der Waals surface area contributed by atoms with Crippen LogP contribution < -0.4 is 5.32 Å². The van der Waals surface area contributed by atoms with E-state index in [0.29, 0.717) is 18.6 Å². The molecule has 3 heteroatoms. The SMILES string of the molecule is CCOCC(=O)N[C@@H]1CC[C@H](Cc2ccccc2)C1. The van der Waals surface area contributed by atoms with E-state index in [4.69, 9.17) is 4.74 Å². The smallest absolute Gasteiger partial charge is 0.246 e. The third-order valence-electron chi connectivity index (χ3n) is 3.71. The maximum absolute atomic E-state index is 11.6. The molecule has 2 rings (SSSR count). The molecule has 1 N–H and O–H groups in total. The highest BCUT2D eigenvalue weighted by molar-refractivity contribution is 5.77. The molecule has 1 aromatic rings. The number of hydrogen-bond acceptors (Lipinski definition) is 2. The summed E-state index contributed by atoms with van der Waals surface area (Å²) in [4.78, 5) is 11.6. The highest BCUT2D eigenvalue weighted by atomic mass is 16.5. The van der Waals surface area contributed by atoms with Crippen LogP contribution in [0.25, 0.3) is 0 Å². The highest BCUT2D eigenvalue weighted by Crippen LogP contribution is 2.28. The molecule has 1 saturated carbocycles. The summed E-state index contributed by atoms with van der Waals surface area (Å²) >= 11 is 0. The van der Waals surface area contributed by atoms with Gasteiger partial charge in [-0.15, -0.1) is 0 Å². The lowest BCUT2D eigenvalue weighted by molar-refractivity contribution is -0.126. The molecule has 0 aromatic heterocycles. The van der Waals surface area contributed by atoms with Crippen molar-refractivity contribution in [2.45, 2.75) is 38.6 Å². The highest BCUT2D eigenvalue weighted by Gasteiger charge is 2.25. The van der Waals surface area contributed by atoms with E-state index in [9.17, 15) is 4.79 Å². The van der Waals surface area contributed by atoms with Crippen LogP contribution in [0.1, 0.15) is 31.7 Å². The van der Waals surface area contributed by atoms with E-state index in [1.165, 1.54) is 12.0 Å². The Morgan fingerprint density at radius 3 is 2.84 bits per heavy atom. The largest absolute Gasteiger partial charge is 0.372 e. The molecule has 2 atom stereocenters. The monoisotopic (exact) mass is 261 g/mol. The zero-order valence-corrected chi connectivity index (χ0v) is 11.6. The molecule has 0 unspecified atom stereocenters. The molecule has 0 heterocycles. The molecule has 1 aliphatic rings. The van der Waals surface area contributed by atoms with Gasteiger partial charge in [0.1, 0.15) is 6.61 Å². The van der Waals surface area contributed by atoms with Gasteiger partial charge in [0.05, 0.1) is 0 Å². The van der Waals surface area contributed by atoms with E-state index in [0.717, 1.165) is 19.3 Å². The zero-order chi connectivity index (χ0) is 13.5. The topological polar surface area (TPSA) is 38.3 Å². The van der Waals surface area contributed by atoms with E-state index in [2.05, 4.69) is 35.6 Å². The Morgan fingerprint density at radius 1 is 1.32 bits per heavy atom. The Kier molecular flexibility index (Phi) is 5.40.